The van der Waals surface area contributed by atoms with Gasteiger partial charge >= 0.3 is 0 Å². The standard InChI is InChI=1S/C22H14F2N2O/c1-12-2-3-13(10-25)6-17(12)19-7-14-11-26-22(27)18(14)9-20(19)16-5-4-15(23)8-21(16)24/h2-9H,11H2,1H3,(H,26,27). The third-order valence-electron chi connectivity index (χ3n) is 4.81. The highest BCUT2D eigenvalue weighted by Crippen LogP contribution is 2.38. The van der Waals surface area contributed by atoms with Crippen LogP contribution in [0.2, 0.25) is 0 Å². The highest BCUT2D eigenvalue weighted by atomic mass is 19.1. The number of aryl methyl sites for hydroxylation is 1. The van der Waals surface area contributed by atoms with Crippen molar-refractivity contribution in [2.24, 2.45) is 0 Å². The van der Waals surface area contributed by atoms with Crippen LogP contribution in [-0.4, -0.2) is 5.91 Å². The Balaban J connectivity index is 2.05. The molecule has 3 aromatic carbocycles. The van der Waals surface area contributed by atoms with Crippen LogP contribution in [0.1, 0.15) is 27.0 Å². The minimum absolute atomic E-state index is 0.204. The Kier molecular flexibility index (Phi) is 3.97. The number of hydrogen-bond donors (Lipinski definition) is 1. The molecule has 132 valence electrons. The van der Waals surface area contributed by atoms with E-state index in [0.29, 0.717) is 28.8 Å². The maximum atomic E-state index is 14.5. The van der Waals surface area contributed by atoms with Gasteiger partial charge in [-0.05, 0) is 71.1 Å². The van der Waals surface area contributed by atoms with E-state index in [1.807, 2.05) is 19.1 Å². The number of amides is 1. The Bertz CT molecular complexity index is 1150. The third-order valence-corrected chi connectivity index (χ3v) is 4.81. The summed E-state index contributed by atoms with van der Waals surface area (Å²) in [5, 5.41) is 12.0. The molecule has 27 heavy (non-hydrogen) atoms. The predicted octanol–water partition coefficient (Wildman–Crippen LogP) is 4.72. The Labute approximate surface area is 154 Å². The number of halogens is 2. The first kappa shape index (κ1) is 16.9. The zero-order chi connectivity index (χ0) is 19.1. The fourth-order valence-corrected chi connectivity index (χ4v) is 3.41. The predicted molar refractivity (Wildman–Crippen MR) is 97.9 cm³/mol. The Morgan fingerprint density at radius 1 is 0.926 bits per heavy atom. The molecule has 0 radical (unpaired) electrons. The molecule has 0 fully saturated rings. The first-order valence-corrected chi connectivity index (χ1v) is 8.39. The van der Waals surface area contributed by atoms with Crippen LogP contribution in [0.3, 0.4) is 0 Å². The van der Waals surface area contributed by atoms with Crippen LogP contribution in [-0.2, 0) is 6.54 Å². The van der Waals surface area contributed by atoms with Crippen molar-refractivity contribution in [3.05, 3.63) is 82.4 Å². The van der Waals surface area contributed by atoms with E-state index in [4.69, 9.17) is 0 Å². The lowest BCUT2D eigenvalue weighted by atomic mass is 9.88. The Morgan fingerprint density at radius 2 is 1.70 bits per heavy atom. The lowest BCUT2D eigenvalue weighted by Crippen LogP contribution is -2.12. The molecule has 0 saturated heterocycles. The summed E-state index contributed by atoms with van der Waals surface area (Å²) < 4.78 is 27.9. The third kappa shape index (κ3) is 2.85. The number of carbonyl (C=O) groups excluding carboxylic acids is 1. The van der Waals surface area contributed by atoms with Gasteiger partial charge in [-0.2, -0.15) is 5.26 Å². The van der Waals surface area contributed by atoms with Crippen molar-refractivity contribution in [2.45, 2.75) is 13.5 Å². The van der Waals surface area contributed by atoms with Crippen LogP contribution in [0.5, 0.6) is 0 Å². The molecule has 1 heterocycles. The second-order valence-corrected chi connectivity index (χ2v) is 6.50. The van der Waals surface area contributed by atoms with E-state index in [1.54, 1.807) is 18.2 Å². The van der Waals surface area contributed by atoms with E-state index in [9.17, 15) is 18.8 Å². The van der Waals surface area contributed by atoms with Crippen LogP contribution < -0.4 is 5.32 Å². The van der Waals surface area contributed by atoms with E-state index < -0.39 is 11.6 Å². The molecule has 0 spiro atoms. The van der Waals surface area contributed by atoms with Crippen LogP contribution in [0.4, 0.5) is 8.78 Å². The summed E-state index contributed by atoms with van der Waals surface area (Å²) in [7, 11) is 0. The second kappa shape index (κ2) is 6.33. The summed E-state index contributed by atoms with van der Waals surface area (Å²) >= 11 is 0. The van der Waals surface area contributed by atoms with Gasteiger partial charge in [0.15, 0.2) is 0 Å². The van der Waals surface area contributed by atoms with E-state index in [0.717, 1.165) is 22.8 Å². The molecule has 0 unspecified atom stereocenters. The summed E-state index contributed by atoms with van der Waals surface area (Å²) in [6, 6.07) is 14.3. The Morgan fingerprint density at radius 3 is 2.44 bits per heavy atom. The zero-order valence-electron chi connectivity index (χ0n) is 14.4. The van der Waals surface area contributed by atoms with Crippen LogP contribution in [0.25, 0.3) is 22.3 Å². The number of nitrogens with one attached hydrogen (secondary N) is 1. The average molecular weight is 360 g/mol. The molecule has 1 N–H and O–H groups in total. The quantitative estimate of drug-likeness (QED) is 0.719. The molecule has 0 aromatic heterocycles. The number of carbonyl (C=O) groups is 1. The first-order valence-electron chi connectivity index (χ1n) is 8.39. The van der Waals surface area contributed by atoms with E-state index >= 15 is 0 Å². The summed E-state index contributed by atoms with van der Waals surface area (Å²) in [5.41, 5.74) is 4.85. The highest BCUT2D eigenvalue weighted by molar-refractivity contribution is 6.01. The van der Waals surface area contributed by atoms with Gasteiger partial charge < -0.3 is 5.32 Å². The van der Waals surface area contributed by atoms with Gasteiger partial charge in [-0.3, -0.25) is 4.79 Å². The summed E-state index contributed by atoms with van der Waals surface area (Å²) in [6.45, 7) is 2.29. The number of nitrogens with zero attached hydrogens (tertiary/aromatic N) is 1. The number of rotatable bonds is 2. The topological polar surface area (TPSA) is 52.9 Å². The minimum atomic E-state index is -0.705. The maximum absolute atomic E-state index is 14.5. The monoisotopic (exact) mass is 360 g/mol. The van der Waals surface area contributed by atoms with E-state index in [-0.39, 0.29) is 11.5 Å². The Hall–Kier alpha value is -3.52. The number of hydrogen-bond acceptors (Lipinski definition) is 2. The normalized spacial score (nSPS) is 12.4. The number of fused-ring (bicyclic) bond motifs is 1. The summed E-state index contributed by atoms with van der Waals surface area (Å²) in [4.78, 5) is 12.1. The molecular weight excluding hydrogens is 346 g/mol. The molecule has 5 heteroatoms. The SMILES string of the molecule is Cc1ccc(C#N)cc1-c1cc2c(cc1-c1ccc(F)cc1F)C(=O)NC2. The van der Waals surface area contributed by atoms with Crippen LogP contribution in [0.15, 0.2) is 48.5 Å². The summed E-state index contributed by atoms with van der Waals surface area (Å²) in [5.74, 6) is -1.59. The molecule has 3 nitrogen and oxygen atoms in total. The zero-order valence-corrected chi connectivity index (χ0v) is 14.4. The fourth-order valence-electron chi connectivity index (χ4n) is 3.41. The van der Waals surface area contributed by atoms with Gasteiger partial charge in [0, 0.05) is 23.7 Å². The molecule has 1 amide bonds. The van der Waals surface area contributed by atoms with Gasteiger partial charge in [-0.25, -0.2) is 8.78 Å². The molecule has 3 aromatic rings. The van der Waals surface area contributed by atoms with Crippen molar-refractivity contribution in [3.8, 4) is 28.3 Å². The lowest BCUT2D eigenvalue weighted by molar-refractivity contribution is 0.0966. The number of benzene rings is 3. The molecule has 0 aliphatic carbocycles. The molecule has 1 aliphatic heterocycles. The van der Waals surface area contributed by atoms with Crippen molar-refractivity contribution < 1.29 is 13.6 Å². The van der Waals surface area contributed by atoms with Crippen molar-refractivity contribution in [1.29, 1.82) is 5.26 Å². The first-order chi connectivity index (χ1) is 13.0. The minimum Gasteiger partial charge on any atom is -0.348 e. The van der Waals surface area contributed by atoms with E-state index in [2.05, 4.69) is 11.4 Å². The lowest BCUT2D eigenvalue weighted by Gasteiger charge is -2.15. The van der Waals surface area contributed by atoms with Gasteiger partial charge in [0.2, 0.25) is 0 Å². The van der Waals surface area contributed by atoms with Crippen LogP contribution >= 0.6 is 0 Å². The fraction of sp³-hybridized carbons (Fsp3) is 0.0909. The van der Waals surface area contributed by atoms with E-state index in [1.165, 1.54) is 12.1 Å². The average Bonchev–Trinajstić information content (AvgIpc) is 3.01. The number of nitriles is 1. The molecule has 0 atom stereocenters. The smallest absolute Gasteiger partial charge is 0.251 e. The molecular formula is C22H14F2N2O. The molecule has 1 aliphatic rings. The highest BCUT2D eigenvalue weighted by Gasteiger charge is 2.24. The van der Waals surface area contributed by atoms with Crippen molar-refractivity contribution in [2.75, 3.05) is 0 Å². The summed E-state index contributed by atoms with van der Waals surface area (Å²) in [6.07, 6.45) is 0. The van der Waals surface area contributed by atoms with Gasteiger partial charge in [0.1, 0.15) is 11.6 Å². The second-order valence-electron chi connectivity index (χ2n) is 6.50. The van der Waals surface area contributed by atoms with Crippen molar-refractivity contribution >= 4 is 5.91 Å². The largest absolute Gasteiger partial charge is 0.348 e. The van der Waals surface area contributed by atoms with Crippen molar-refractivity contribution in [3.63, 3.8) is 0 Å². The molecule has 0 bridgehead atoms. The van der Waals surface area contributed by atoms with Crippen molar-refractivity contribution in [1.82, 2.24) is 5.32 Å². The maximum Gasteiger partial charge on any atom is 0.251 e. The molecule has 0 saturated carbocycles. The molecule has 4 rings (SSSR count). The van der Waals surface area contributed by atoms with Gasteiger partial charge in [0.05, 0.1) is 11.6 Å². The van der Waals surface area contributed by atoms with Gasteiger partial charge in [-0.1, -0.05) is 6.07 Å². The van der Waals surface area contributed by atoms with Gasteiger partial charge in [-0.15, -0.1) is 0 Å². The van der Waals surface area contributed by atoms with Crippen LogP contribution in [0, 0.1) is 29.9 Å². The van der Waals surface area contributed by atoms with Gasteiger partial charge in [0.25, 0.3) is 5.91 Å².